The molecule has 0 unspecified atom stereocenters. The van der Waals surface area contributed by atoms with Crippen LogP contribution in [0.25, 0.3) is 0 Å². The van der Waals surface area contributed by atoms with Gasteiger partial charge in [0.25, 0.3) is 0 Å². The number of aromatic hydroxyl groups is 2. The molecule has 0 aliphatic heterocycles. The van der Waals surface area contributed by atoms with Crippen LogP contribution in [0.2, 0.25) is 0 Å². The van der Waals surface area contributed by atoms with E-state index in [4.69, 9.17) is 35.2 Å². The van der Waals surface area contributed by atoms with Crippen LogP contribution in [0.1, 0.15) is 38.4 Å². The minimum atomic E-state index is -4.64. The Balaban J connectivity index is 0.000000442. The number of aromatic nitrogens is 2. The standard InChI is InChI=1S/C8H12N2O2.C8H9NO3.H3O4P/c1-5-8(12)7(2-9)6(4-11)3-10-5;1-5-8(12)7(4-11)6(3-10)2-9-5;1-5(2,3)4/h3,11-12H,2,4,9H2,1H3;2,4,10,12H,3H2,1H3;(H3,1,2,3,4). The minimum Gasteiger partial charge on any atom is -0.506 e. The normalized spacial score (nSPS) is 10.3. The van der Waals surface area contributed by atoms with Crippen LogP contribution in [0.5, 0.6) is 11.5 Å². The second-order valence-electron chi connectivity index (χ2n) is 5.48. The molecule has 0 bridgehead atoms. The van der Waals surface area contributed by atoms with Crippen LogP contribution in [0.3, 0.4) is 0 Å². The van der Waals surface area contributed by atoms with Gasteiger partial charge in [0.05, 0.1) is 30.2 Å². The maximum atomic E-state index is 10.5. The van der Waals surface area contributed by atoms with Crippen LogP contribution in [-0.4, -0.2) is 51.4 Å². The second-order valence-corrected chi connectivity index (χ2v) is 6.51. The zero-order valence-corrected chi connectivity index (χ0v) is 16.6. The van der Waals surface area contributed by atoms with Crippen LogP contribution >= 0.6 is 7.82 Å². The van der Waals surface area contributed by atoms with Crippen LogP contribution in [-0.2, 0) is 24.3 Å². The number of aryl methyl sites for hydroxylation is 2. The van der Waals surface area contributed by atoms with Gasteiger partial charge in [-0.1, -0.05) is 0 Å². The molecule has 0 atom stereocenters. The number of aliphatic hydroxyl groups is 2. The molecule has 162 valence electrons. The maximum absolute atomic E-state index is 10.5. The van der Waals surface area contributed by atoms with Gasteiger partial charge < -0.3 is 40.8 Å². The highest BCUT2D eigenvalue weighted by Crippen LogP contribution is 2.26. The first kappa shape index (κ1) is 26.6. The summed E-state index contributed by atoms with van der Waals surface area (Å²) in [6.07, 6.45) is 3.41. The van der Waals surface area contributed by atoms with E-state index in [2.05, 4.69) is 9.97 Å². The monoisotopic (exact) mass is 433 g/mol. The van der Waals surface area contributed by atoms with Crippen molar-refractivity contribution in [3.05, 3.63) is 46.0 Å². The summed E-state index contributed by atoms with van der Waals surface area (Å²) in [4.78, 5) is 39.7. The zero-order chi connectivity index (χ0) is 22.8. The van der Waals surface area contributed by atoms with Crippen molar-refractivity contribution in [3.63, 3.8) is 0 Å². The molecule has 0 aliphatic rings. The number of carbonyl (C=O) groups excluding carboxylic acids is 1. The largest absolute Gasteiger partial charge is 0.506 e. The molecule has 2 aromatic heterocycles. The van der Waals surface area contributed by atoms with Crippen LogP contribution < -0.4 is 5.73 Å². The second kappa shape index (κ2) is 12.2. The van der Waals surface area contributed by atoms with Gasteiger partial charge in [-0.15, -0.1) is 0 Å². The van der Waals surface area contributed by atoms with Crippen LogP contribution in [0.15, 0.2) is 12.4 Å². The number of phosphoric acid groups is 1. The fourth-order valence-electron chi connectivity index (χ4n) is 1.96. The number of rotatable bonds is 4. The van der Waals surface area contributed by atoms with E-state index in [0.29, 0.717) is 34.4 Å². The fourth-order valence-corrected chi connectivity index (χ4v) is 1.96. The van der Waals surface area contributed by atoms with Crippen molar-refractivity contribution in [3.8, 4) is 11.5 Å². The SMILES string of the molecule is Cc1ncc(CO)c(C=O)c1O.Cc1ncc(CO)c(CN)c1O.O=P(O)(O)O. The van der Waals surface area contributed by atoms with Gasteiger partial charge in [-0.3, -0.25) is 14.8 Å². The number of nitrogens with zero attached hydrogens (tertiary/aromatic N) is 2. The summed E-state index contributed by atoms with van der Waals surface area (Å²) in [5.41, 5.74) is 7.93. The molecule has 0 amide bonds. The van der Waals surface area contributed by atoms with Gasteiger partial charge >= 0.3 is 7.82 Å². The van der Waals surface area contributed by atoms with E-state index >= 15 is 0 Å². The number of pyridine rings is 2. The van der Waals surface area contributed by atoms with E-state index < -0.39 is 7.82 Å². The van der Waals surface area contributed by atoms with Crippen molar-refractivity contribution >= 4 is 14.1 Å². The summed E-state index contributed by atoms with van der Waals surface area (Å²) in [7, 11) is -4.64. The zero-order valence-electron chi connectivity index (χ0n) is 15.7. The smallest absolute Gasteiger partial charge is 0.466 e. The van der Waals surface area contributed by atoms with E-state index in [9.17, 15) is 15.0 Å². The first-order valence-corrected chi connectivity index (χ1v) is 9.46. The van der Waals surface area contributed by atoms with Crippen LogP contribution in [0, 0.1) is 13.8 Å². The molecule has 29 heavy (non-hydrogen) atoms. The lowest BCUT2D eigenvalue weighted by Gasteiger charge is -2.08. The Morgan fingerprint density at radius 3 is 1.76 bits per heavy atom. The Bertz CT molecular complexity index is 863. The maximum Gasteiger partial charge on any atom is 0.466 e. The molecular weight excluding hydrogens is 409 g/mol. The van der Waals surface area contributed by atoms with Crippen molar-refractivity contribution in [2.75, 3.05) is 0 Å². The first-order valence-electron chi connectivity index (χ1n) is 7.90. The molecule has 13 heteroatoms. The number of aldehydes is 1. The lowest BCUT2D eigenvalue weighted by molar-refractivity contribution is 0.111. The number of hydrogen-bond donors (Lipinski definition) is 8. The van der Waals surface area contributed by atoms with E-state index in [1.807, 2.05) is 0 Å². The van der Waals surface area contributed by atoms with Crippen LogP contribution in [0.4, 0.5) is 0 Å². The van der Waals surface area contributed by atoms with Gasteiger partial charge in [-0.2, -0.15) is 0 Å². The van der Waals surface area contributed by atoms with E-state index in [1.165, 1.54) is 12.4 Å². The van der Waals surface area contributed by atoms with Crippen molar-refractivity contribution in [2.24, 2.45) is 5.73 Å². The highest BCUT2D eigenvalue weighted by Gasteiger charge is 2.10. The topological polar surface area (TPSA) is 228 Å². The number of nitrogens with two attached hydrogens (primary N) is 1. The molecule has 0 spiro atoms. The van der Waals surface area contributed by atoms with E-state index in [-0.39, 0.29) is 36.8 Å². The highest BCUT2D eigenvalue weighted by atomic mass is 31.2. The molecule has 2 aromatic rings. The van der Waals surface area contributed by atoms with Gasteiger partial charge in [-0.05, 0) is 13.8 Å². The predicted molar refractivity (Wildman–Crippen MR) is 101 cm³/mol. The summed E-state index contributed by atoms with van der Waals surface area (Å²) < 4.78 is 8.88. The molecule has 12 nitrogen and oxygen atoms in total. The predicted octanol–water partition coefficient (Wildman–Crippen LogP) is -0.482. The molecule has 2 rings (SSSR count). The number of aliphatic hydroxyl groups excluding tert-OH is 2. The van der Waals surface area contributed by atoms with E-state index in [0.717, 1.165) is 0 Å². The third kappa shape index (κ3) is 9.07. The van der Waals surface area contributed by atoms with Crippen molar-refractivity contribution < 1.29 is 44.5 Å². The highest BCUT2D eigenvalue weighted by molar-refractivity contribution is 7.45. The van der Waals surface area contributed by atoms with Gasteiger partial charge in [0, 0.05) is 35.6 Å². The van der Waals surface area contributed by atoms with E-state index in [1.54, 1.807) is 13.8 Å². The summed E-state index contributed by atoms with van der Waals surface area (Å²) in [6.45, 7) is 3.05. The molecule has 0 aromatic carbocycles. The molecule has 0 saturated carbocycles. The van der Waals surface area contributed by atoms with Crippen molar-refractivity contribution in [2.45, 2.75) is 33.6 Å². The van der Waals surface area contributed by atoms with Gasteiger partial charge in [0.15, 0.2) is 6.29 Å². The Hall–Kier alpha value is -2.44. The lowest BCUT2D eigenvalue weighted by atomic mass is 10.1. The molecule has 0 saturated heterocycles. The number of carbonyl (C=O) groups is 1. The Labute approximate surface area is 166 Å². The Kier molecular flexibility index (Phi) is 11.2. The third-order valence-corrected chi connectivity index (χ3v) is 3.45. The molecule has 0 fully saturated rings. The molecule has 0 aliphatic carbocycles. The average molecular weight is 433 g/mol. The average Bonchev–Trinajstić information content (AvgIpc) is 2.65. The van der Waals surface area contributed by atoms with Gasteiger partial charge in [-0.25, -0.2) is 4.57 Å². The number of hydrogen-bond acceptors (Lipinski definition) is 9. The fraction of sp³-hybridized carbons (Fsp3) is 0.312. The third-order valence-electron chi connectivity index (χ3n) is 3.45. The molecule has 2 heterocycles. The quantitative estimate of drug-likeness (QED) is 0.226. The first-order chi connectivity index (χ1) is 13.4. The van der Waals surface area contributed by atoms with Gasteiger partial charge in [0.2, 0.25) is 0 Å². The van der Waals surface area contributed by atoms with Crippen molar-refractivity contribution in [1.82, 2.24) is 9.97 Å². The Morgan fingerprint density at radius 1 is 0.966 bits per heavy atom. The summed E-state index contributed by atoms with van der Waals surface area (Å²) in [5.74, 6) is -0.0689. The summed E-state index contributed by atoms with van der Waals surface area (Å²) in [6, 6.07) is 0. The summed E-state index contributed by atoms with van der Waals surface area (Å²) >= 11 is 0. The lowest BCUT2D eigenvalue weighted by Crippen LogP contribution is -2.04. The molecular formula is C16H24N3O9P. The Morgan fingerprint density at radius 2 is 1.38 bits per heavy atom. The minimum absolute atomic E-state index is 0.0871. The van der Waals surface area contributed by atoms with Crippen molar-refractivity contribution in [1.29, 1.82) is 0 Å². The summed E-state index contributed by atoms with van der Waals surface area (Å²) in [5, 5.41) is 36.4. The molecule has 0 radical (unpaired) electrons. The molecule has 9 N–H and O–H groups in total. The van der Waals surface area contributed by atoms with Gasteiger partial charge in [0.1, 0.15) is 11.5 Å².